The van der Waals surface area contributed by atoms with Crippen molar-refractivity contribution in [3.63, 3.8) is 0 Å². The number of β-amino-alcohol motifs (C(OH)–C–C–N with tert-alkyl or cyclic N) is 1. The Morgan fingerprint density at radius 3 is 3.08 bits per heavy atom. The summed E-state index contributed by atoms with van der Waals surface area (Å²) in [6.07, 6.45) is 2.88. The van der Waals surface area contributed by atoms with Gasteiger partial charge in [0, 0.05) is 19.5 Å². The van der Waals surface area contributed by atoms with Gasteiger partial charge in [0.15, 0.2) is 0 Å². The Balaban J connectivity index is 2.48. The molecule has 0 saturated carbocycles. The topological polar surface area (TPSA) is 40.5 Å². The first-order valence-electron chi connectivity index (χ1n) is 4.70. The van der Waals surface area contributed by atoms with E-state index in [1.165, 1.54) is 0 Å². The van der Waals surface area contributed by atoms with Crippen molar-refractivity contribution in [1.29, 1.82) is 0 Å². The molecule has 0 bridgehead atoms. The molecule has 1 fully saturated rings. The van der Waals surface area contributed by atoms with E-state index < -0.39 is 0 Å². The molecule has 0 aromatic heterocycles. The highest BCUT2D eigenvalue weighted by Gasteiger charge is 2.20. The minimum absolute atomic E-state index is 0.202. The zero-order valence-corrected chi connectivity index (χ0v) is 7.62. The molecule has 0 aliphatic carbocycles. The highest BCUT2D eigenvalue weighted by molar-refractivity contribution is 5.76. The van der Waals surface area contributed by atoms with Crippen molar-refractivity contribution in [2.24, 2.45) is 0 Å². The number of carbonyl (C=O) groups is 1. The molecule has 1 N–H and O–H groups in total. The molecule has 1 heterocycles. The molecular weight excluding hydrogens is 154 g/mol. The maximum Gasteiger partial charge on any atom is 0.222 e. The summed E-state index contributed by atoms with van der Waals surface area (Å²) in [4.78, 5) is 13.1. The maximum atomic E-state index is 11.4. The highest BCUT2D eigenvalue weighted by atomic mass is 16.3. The summed E-state index contributed by atoms with van der Waals surface area (Å²) in [6.45, 7) is 3.37. The molecule has 1 amide bonds. The molecule has 12 heavy (non-hydrogen) atoms. The molecule has 0 radical (unpaired) electrons. The minimum atomic E-state index is -0.303. The van der Waals surface area contributed by atoms with E-state index in [4.69, 9.17) is 0 Å². The van der Waals surface area contributed by atoms with Crippen LogP contribution >= 0.6 is 0 Å². The third kappa shape index (κ3) is 2.48. The van der Waals surface area contributed by atoms with Gasteiger partial charge in [-0.25, -0.2) is 0 Å². The van der Waals surface area contributed by atoms with E-state index in [1.54, 1.807) is 4.90 Å². The van der Waals surface area contributed by atoms with Gasteiger partial charge in [-0.1, -0.05) is 6.92 Å². The van der Waals surface area contributed by atoms with Crippen molar-refractivity contribution in [2.45, 2.75) is 38.7 Å². The monoisotopic (exact) mass is 171 g/mol. The average Bonchev–Trinajstić information content (AvgIpc) is 2.16. The van der Waals surface area contributed by atoms with Crippen LogP contribution in [0.25, 0.3) is 0 Å². The van der Waals surface area contributed by atoms with Crippen LogP contribution in [0.2, 0.25) is 0 Å². The summed E-state index contributed by atoms with van der Waals surface area (Å²) in [6, 6.07) is 0. The Kier molecular flexibility index (Phi) is 3.53. The molecule has 1 aliphatic rings. The summed E-state index contributed by atoms with van der Waals surface area (Å²) in [5.74, 6) is 0.202. The van der Waals surface area contributed by atoms with Gasteiger partial charge in [0.2, 0.25) is 5.91 Å². The molecule has 0 aromatic rings. The minimum Gasteiger partial charge on any atom is -0.391 e. The predicted octanol–water partition coefficient (Wildman–Crippen LogP) is 0.770. The van der Waals surface area contributed by atoms with Crippen LogP contribution in [0.15, 0.2) is 0 Å². The third-order valence-corrected chi connectivity index (χ3v) is 2.21. The van der Waals surface area contributed by atoms with Gasteiger partial charge in [0.05, 0.1) is 6.10 Å². The van der Waals surface area contributed by atoms with E-state index in [-0.39, 0.29) is 12.0 Å². The lowest BCUT2D eigenvalue weighted by Crippen LogP contribution is -2.35. The van der Waals surface area contributed by atoms with Crippen molar-refractivity contribution in [3.05, 3.63) is 0 Å². The Hall–Kier alpha value is -0.570. The number of nitrogens with zero attached hydrogens (tertiary/aromatic N) is 1. The summed E-state index contributed by atoms with van der Waals surface area (Å²) in [7, 11) is 0. The molecule has 0 spiro atoms. The summed E-state index contributed by atoms with van der Waals surface area (Å²) in [5, 5.41) is 9.41. The Labute approximate surface area is 73.4 Å². The smallest absolute Gasteiger partial charge is 0.222 e. The van der Waals surface area contributed by atoms with Crippen LogP contribution in [0.5, 0.6) is 0 Å². The fourth-order valence-electron chi connectivity index (χ4n) is 1.58. The van der Waals surface area contributed by atoms with Crippen LogP contribution in [0.1, 0.15) is 32.6 Å². The van der Waals surface area contributed by atoms with E-state index in [1.807, 2.05) is 6.92 Å². The number of carbonyl (C=O) groups excluding carboxylic acids is 1. The number of likely N-dealkylation sites (tertiary alicyclic amines) is 1. The van der Waals surface area contributed by atoms with Crippen molar-refractivity contribution in [3.8, 4) is 0 Å². The van der Waals surface area contributed by atoms with Gasteiger partial charge in [0.1, 0.15) is 0 Å². The second-order valence-electron chi connectivity index (χ2n) is 3.39. The van der Waals surface area contributed by atoms with Gasteiger partial charge < -0.3 is 10.0 Å². The lowest BCUT2D eigenvalue weighted by molar-refractivity contribution is -0.131. The van der Waals surface area contributed by atoms with Crippen LogP contribution in [0.3, 0.4) is 0 Å². The van der Waals surface area contributed by atoms with Crippen molar-refractivity contribution < 1.29 is 9.90 Å². The second-order valence-corrected chi connectivity index (χ2v) is 3.39. The zero-order chi connectivity index (χ0) is 8.97. The first-order chi connectivity index (χ1) is 5.74. The largest absolute Gasteiger partial charge is 0.391 e. The molecule has 1 aliphatic heterocycles. The van der Waals surface area contributed by atoms with E-state index in [9.17, 15) is 9.90 Å². The normalized spacial score (nSPS) is 25.7. The molecule has 0 aromatic carbocycles. The fourth-order valence-corrected chi connectivity index (χ4v) is 1.58. The molecular formula is C9H17NO2. The zero-order valence-electron chi connectivity index (χ0n) is 7.62. The molecule has 1 atom stereocenters. The summed E-state index contributed by atoms with van der Waals surface area (Å²) >= 11 is 0. The van der Waals surface area contributed by atoms with Gasteiger partial charge in [-0.2, -0.15) is 0 Å². The van der Waals surface area contributed by atoms with E-state index in [0.29, 0.717) is 13.0 Å². The van der Waals surface area contributed by atoms with Gasteiger partial charge in [-0.15, -0.1) is 0 Å². The lowest BCUT2D eigenvalue weighted by Gasteiger charge is -2.21. The van der Waals surface area contributed by atoms with Crippen molar-refractivity contribution >= 4 is 5.91 Å². The molecule has 70 valence electrons. The van der Waals surface area contributed by atoms with Crippen LogP contribution < -0.4 is 0 Å². The summed E-state index contributed by atoms with van der Waals surface area (Å²) < 4.78 is 0. The number of rotatable bonds is 2. The van der Waals surface area contributed by atoms with E-state index in [2.05, 4.69) is 0 Å². The van der Waals surface area contributed by atoms with Crippen LogP contribution in [0.4, 0.5) is 0 Å². The molecule has 1 unspecified atom stereocenters. The van der Waals surface area contributed by atoms with E-state index >= 15 is 0 Å². The van der Waals surface area contributed by atoms with Crippen LogP contribution in [-0.2, 0) is 4.79 Å². The van der Waals surface area contributed by atoms with Gasteiger partial charge in [-0.05, 0) is 19.3 Å². The van der Waals surface area contributed by atoms with E-state index in [0.717, 1.165) is 25.8 Å². The Morgan fingerprint density at radius 2 is 2.42 bits per heavy atom. The van der Waals surface area contributed by atoms with Crippen LogP contribution in [0, 0.1) is 0 Å². The van der Waals surface area contributed by atoms with Crippen molar-refractivity contribution in [1.82, 2.24) is 4.90 Å². The number of aliphatic hydroxyl groups excluding tert-OH is 1. The second kappa shape index (κ2) is 4.45. The quantitative estimate of drug-likeness (QED) is 0.666. The van der Waals surface area contributed by atoms with Crippen LogP contribution in [-0.4, -0.2) is 35.1 Å². The maximum absolute atomic E-state index is 11.4. The fraction of sp³-hybridized carbons (Fsp3) is 0.889. The third-order valence-electron chi connectivity index (χ3n) is 2.21. The van der Waals surface area contributed by atoms with Gasteiger partial charge in [0.25, 0.3) is 0 Å². The average molecular weight is 171 g/mol. The number of hydrogen-bond acceptors (Lipinski definition) is 2. The first-order valence-corrected chi connectivity index (χ1v) is 4.70. The molecule has 1 rings (SSSR count). The van der Waals surface area contributed by atoms with Crippen molar-refractivity contribution in [2.75, 3.05) is 13.1 Å². The van der Waals surface area contributed by atoms with Gasteiger partial charge >= 0.3 is 0 Å². The highest BCUT2D eigenvalue weighted by Crippen LogP contribution is 2.11. The molecule has 3 nitrogen and oxygen atoms in total. The first kappa shape index (κ1) is 9.52. The summed E-state index contributed by atoms with van der Waals surface area (Å²) in [5.41, 5.74) is 0. The standard InChI is InChI=1S/C9H17NO2/c1-2-6-10-7-8(11)4-3-5-9(10)12/h8,11H,2-7H2,1H3. The Morgan fingerprint density at radius 1 is 1.67 bits per heavy atom. The molecule has 3 heteroatoms. The predicted molar refractivity (Wildman–Crippen MR) is 46.7 cm³/mol. The lowest BCUT2D eigenvalue weighted by atomic mass is 10.2. The molecule has 1 saturated heterocycles. The number of amides is 1. The number of aliphatic hydroxyl groups is 1. The number of hydrogen-bond donors (Lipinski definition) is 1. The SMILES string of the molecule is CCCN1CC(O)CCCC1=O. The Bertz CT molecular complexity index is 159. The van der Waals surface area contributed by atoms with Gasteiger partial charge in [-0.3, -0.25) is 4.79 Å².